The van der Waals surface area contributed by atoms with Crippen LogP contribution < -0.4 is 9.64 Å². The number of carbonyl (C=O) groups is 1. The van der Waals surface area contributed by atoms with Gasteiger partial charge >= 0.3 is 0 Å². The molecule has 2 N–H and O–H groups in total. The molecule has 0 radical (unpaired) electrons. The average molecular weight is 489 g/mol. The number of aliphatic hydroxyl groups excluding tert-OH is 1. The minimum atomic E-state index is -3.37. The summed E-state index contributed by atoms with van der Waals surface area (Å²) in [7, 11) is -3.37. The zero-order valence-corrected chi connectivity index (χ0v) is 20.3. The number of hydrogen-bond donors (Lipinski definition) is 2. The Balaban J connectivity index is 1.20. The van der Waals surface area contributed by atoms with Crippen LogP contribution in [0.15, 0.2) is 54.6 Å². The maximum atomic E-state index is 12.8. The van der Waals surface area contributed by atoms with Crippen LogP contribution in [-0.2, 0) is 10.2 Å². The molecule has 0 unspecified atom stereocenters. The first-order valence-corrected chi connectivity index (χ1v) is 13.4. The van der Waals surface area contributed by atoms with Crippen LogP contribution in [0.25, 0.3) is 0 Å². The number of piperazine rings is 1. The molecule has 9 heteroatoms. The van der Waals surface area contributed by atoms with Crippen molar-refractivity contribution in [1.29, 1.82) is 0 Å². The third-order valence-electron chi connectivity index (χ3n) is 6.52. The zero-order valence-electron chi connectivity index (χ0n) is 19.4. The molecule has 2 aromatic carbocycles. The van der Waals surface area contributed by atoms with Gasteiger partial charge in [-0.05, 0) is 37.1 Å². The lowest BCUT2D eigenvalue weighted by molar-refractivity contribution is -0.906. The fourth-order valence-electron chi connectivity index (χ4n) is 4.54. The highest BCUT2D eigenvalue weighted by molar-refractivity contribution is 7.86. The number of benzene rings is 2. The van der Waals surface area contributed by atoms with Gasteiger partial charge < -0.3 is 14.7 Å². The van der Waals surface area contributed by atoms with Crippen LogP contribution in [0, 0.1) is 0 Å². The molecule has 1 atom stereocenters. The van der Waals surface area contributed by atoms with Gasteiger partial charge in [0.1, 0.15) is 25.0 Å². The van der Waals surface area contributed by atoms with Crippen molar-refractivity contribution in [3.8, 4) is 5.75 Å². The minimum absolute atomic E-state index is 0.0442. The van der Waals surface area contributed by atoms with Crippen LogP contribution >= 0.6 is 0 Å². The van der Waals surface area contributed by atoms with E-state index in [0.29, 0.717) is 62.7 Å². The topological polar surface area (TPSA) is 91.6 Å². The molecule has 0 bridgehead atoms. The van der Waals surface area contributed by atoms with Crippen molar-refractivity contribution in [3.05, 3.63) is 65.7 Å². The number of aliphatic hydroxyl groups is 1. The SMILES string of the molecule is O=C(c1ccccc1)c1ccc(OC[C@H](O)C[NH+]2CCN(S(=O)(=O)N3CCCCC3)CC2)cc1. The van der Waals surface area contributed by atoms with Crippen LogP contribution in [0.1, 0.15) is 35.2 Å². The molecule has 2 aliphatic heterocycles. The minimum Gasteiger partial charge on any atom is -0.491 e. The standard InChI is InChI=1S/C25H33N3O5S/c29-23(19-26-15-17-28(18-16-26)34(31,32)27-13-5-2-6-14-27)20-33-24-11-9-22(10-12-24)25(30)21-7-3-1-4-8-21/h1,3-4,7-12,23,29H,2,5-6,13-20H2/p+1/t23-/m1/s1. The molecular formula is C25H34N3O5S+. The van der Waals surface area contributed by atoms with E-state index in [1.807, 2.05) is 18.2 Å². The first-order valence-electron chi connectivity index (χ1n) is 12.0. The molecule has 2 saturated heterocycles. The smallest absolute Gasteiger partial charge is 0.282 e. The number of ketones is 1. The molecular weight excluding hydrogens is 454 g/mol. The van der Waals surface area contributed by atoms with Gasteiger partial charge in [0.05, 0.1) is 26.2 Å². The number of quaternary nitrogens is 1. The van der Waals surface area contributed by atoms with Crippen molar-refractivity contribution < 1.29 is 28.0 Å². The molecule has 34 heavy (non-hydrogen) atoms. The van der Waals surface area contributed by atoms with Crippen LogP contribution in [0.5, 0.6) is 5.75 Å². The summed E-state index contributed by atoms with van der Waals surface area (Å²) < 4.78 is 34.6. The Kier molecular flexibility index (Phi) is 8.33. The van der Waals surface area contributed by atoms with Gasteiger partial charge in [-0.2, -0.15) is 17.0 Å². The van der Waals surface area contributed by atoms with Crippen molar-refractivity contribution in [2.75, 3.05) is 52.4 Å². The first kappa shape index (κ1) is 24.8. The zero-order chi connectivity index (χ0) is 24.0. The van der Waals surface area contributed by atoms with Crippen LogP contribution in [-0.4, -0.2) is 86.4 Å². The van der Waals surface area contributed by atoms with E-state index in [1.165, 1.54) is 4.90 Å². The van der Waals surface area contributed by atoms with Crippen LogP contribution in [0.4, 0.5) is 0 Å². The molecule has 2 aliphatic rings. The molecule has 4 rings (SSSR count). The summed E-state index contributed by atoms with van der Waals surface area (Å²) in [5.41, 5.74) is 1.22. The molecule has 0 amide bonds. The van der Waals surface area contributed by atoms with E-state index in [2.05, 4.69) is 0 Å². The second kappa shape index (κ2) is 11.4. The number of hydrogen-bond acceptors (Lipinski definition) is 5. The summed E-state index contributed by atoms with van der Waals surface area (Å²) in [6.45, 7) is 4.16. The second-order valence-corrected chi connectivity index (χ2v) is 10.9. The Hall–Kier alpha value is -2.30. The molecule has 2 aromatic rings. The van der Waals surface area contributed by atoms with Crippen molar-refractivity contribution in [1.82, 2.24) is 8.61 Å². The highest BCUT2D eigenvalue weighted by atomic mass is 32.2. The fourth-order valence-corrected chi connectivity index (χ4v) is 6.23. The van der Waals surface area contributed by atoms with Crippen molar-refractivity contribution in [2.24, 2.45) is 0 Å². The lowest BCUT2D eigenvalue weighted by Gasteiger charge is -2.36. The molecule has 184 valence electrons. The average Bonchev–Trinajstić information content (AvgIpc) is 2.89. The van der Waals surface area contributed by atoms with E-state index >= 15 is 0 Å². The number of ether oxygens (including phenoxy) is 1. The van der Waals surface area contributed by atoms with Gasteiger partial charge in [-0.1, -0.05) is 36.8 Å². The van der Waals surface area contributed by atoms with Gasteiger partial charge in [-0.3, -0.25) is 4.79 Å². The monoisotopic (exact) mass is 488 g/mol. The van der Waals surface area contributed by atoms with E-state index in [9.17, 15) is 18.3 Å². The molecule has 8 nitrogen and oxygen atoms in total. The fraction of sp³-hybridized carbons (Fsp3) is 0.480. The van der Waals surface area contributed by atoms with Gasteiger partial charge in [-0.15, -0.1) is 0 Å². The summed E-state index contributed by atoms with van der Waals surface area (Å²) in [6.07, 6.45) is 2.30. The van der Waals surface area contributed by atoms with Gasteiger partial charge in [0.2, 0.25) is 0 Å². The molecule has 0 aromatic heterocycles. The number of rotatable bonds is 9. The van der Waals surface area contributed by atoms with E-state index in [-0.39, 0.29) is 12.4 Å². The number of carbonyl (C=O) groups excluding carboxylic acids is 1. The predicted octanol–water partition coefficient (Wildman–Crippen LogP) is 0.589. The second-order valence-electron chi connectivity index (χ2n) is 9.01. The van der Waals surface area contributed by atoms with Crippen LogP contribution in [0.2, 0.25) is 0 Å². The van der Waals surface area contributed by atoms with E-state index in [1.54, 1.807) is 45.0 Å². The molecule has 2 heterocycles. The van der Waals surface area contributed by atoms with Gasteiger partial charge in [-0.25, -0.2) is 0 Å². The lowest BCUT2D eigenvalue weighted by Crippen LogP contribution is -3.16. The molecule has 0 saturated carbocycles. The molecule has 2 fully saturated rings. The lowest BCUT2D eigenvalue weighted by atomic mass is 10.0. The Morgan fingerprint density at radius 2 is 1.47 bits per heavy atom. The third kappa shape index (κ3) is 6.22. The predicted molar refractivity (Wildman–Crippen MR) is 129 cm³/mol. The van der Waals surface area contributed by atoms with Crippen LogP contribution in [0.3, 0.4) is 0 Å². The van der Waals surface area contributed by atoms with E-state index in [4.69, 9.17) is 4.74 Å². The summed E-state index contributed by atoms with van der Waals surface area (Å²) >= 11 is 0. The normalized spacial score (nSPS) is 19.6. The Labute approximate surface area is 201 Å². The Bertz CT molecular complexity index is 1030. The maximum Gasteiger partial charge on any atom is 0.282 e. The Morgan fingerprint density at radius 3 is 2.12 bits per heavy atom. The maximum absolute atomic E-state index is 12.8. The number of piperidine rings is 1. The van der Waals surface area contributed by atoms with Gasteiger partial charge in [0, 0.05) is 24.2 Å². The van der Waals surface area contributed by atoms with Gasteiger partial charge in [0.15, 0.2) is 5.78 Å². The third-order valence-corrected chi connectivity index (χ3v) is 8.55. The van der Waals surface area contributed by atoms with Crippen molar-refractivity contribution in [3.63, 3.8) is 0 Å². The quantitative estimate of drug-likeness (QED) is 0.504. The Morgan fingerprint density at radius 1 is 0.882 bits per heavy atom. The van der Waals surface area contributed by atoms with Crippen molar-refractivity contribution >= 4 is 16.0 Å². The van der Waals surface area contributed by atoms with Crippen molar-refractivity contribution in [2.45, 2.75) is 25.4 Å². The number of nitrogens with one attached hydrogen (secondary N) is 1. The summed E-state index contributed by atoms with van der Waals surface area (Å²) in [5, 5.41) is 10.4. The van der Waals surface area contributed by atoms with Gasteiger partial charge in [0.25, 0.3) is 10.2 Å². The van der Waals surface area contributed by atoms with E-state index in [0.717, 1.165) is 19.3 Å². The first-order chi connectivity index (χ1) is 16.4. The van der Waals surface area contributed by atoms with E-state index < -0.39 is 16.3 Å². The summed E-state index contributed by atoms with van der Waals surface area (Å²) in [4.78, 5) is 13.7. The summed E-state index contributed by atoms with van der Waals surface area (Å²) in [5.74, 6) is 0.549. The number of nitrogens with zero attached hydrogens (tertiary/aromatic N) is 2. The molecule has 0 aliphatic carbocycles. The highest BCUT2D eigenvalue weighted by Gasteiger charge is 2.34. The summed E-state index contributed by atoms with van der Waals surface area (Å²) in [6, 6.07) is 16.0. The molecule has 0 spiro atoms. The largest absolute Gasteiger partial charge is 0.491 e. The highest BCUT2D eigenvalue weighted by Crippen LogP contribution is 2.17.